The second kappa shape index (κ2) is 9.11. The molecule has 0 fully saturated rings. The number of benzene rings is 3. The molecule has 31 heavy (non-hydrogen) atoms. The first kappa shape index (κ1) is 22.2. The summed E-state index contributed by atoms with van der Waals surface area (Å²) >= 11 is 0. The van der Waals surface area contributed by atoms with Gasteiger partial charge < -0.3 is 10.8 Å². The molecule has 0 aromatic heterocycles. The lowest BCUT2D eigenvalue weighted by Gasteiger charge is -2.29. The SMILES string of the molecule is Cc1ccc(S(=O)(=O)N(Cc2ccc(C(=O)O)cc2)[C@@H](C(N)=O)c2ccccc2)cc1. The first-order chi connectivity index (χ1) is 14.7. The summed E-state index contributed by atoms with van der Waals surface area (Å²) in [6.07, 6.45) is 0. The maximum absolute atomic E-state index is 13.6. The number of hydrogen-bond donors (Lipinski definition) is 2. The number of nitrogens with zero attached hydrogens (tertiary/aromatic N) is 1. The molecule has 0 radical (unpaired) electrons. The van der Waals surface area contributed by atoms with Crippen molar-refractivity contribution in [2.45, 2.75) is 24.4 Å². The number of carbonyl (C=O) groups is 2. The van der Waals surface area contributed by atoms with Crippen LogP contribution < -0.4 is 5.73 Å². The third-order valence-corrected chi connectivity index (χ3v) is 6.66. The van der Waals surface area contributed by atoms with Crippen molar-refractivity contribution in [3.63, 3.8) is 0 Å². The number of aromatic carboxylic acids is 1. The van der Waals surface area contributed by atoms with Crippen LogP contribution in [0.5, 0.6) is 0 Å². The number of hydrogen-bond acceptors (Lipinski definition) is 4. The van der Waals surface area contributed by atoms with Crippen LogP contribution in [0.2, 0.25) is 0 Å². The summed E-state index contributed by atoms with van der Waals surface area (Å²) < 4.78 is 28.2. The molecule has 0 saturated carbocycles. The van der Waals surface area contributed by atoms with Gasteiger partial charge in [0.25, 0.3) is 0 Å². The fourth-order valence-electron chi connectivity index (χ4n) is 3.20. The highest BCUT2D eigenvalue weighted by Gasteiger charge is 2.36. The minimum absolute atomic E-state index is 0.0300. The average molecular weight is 439 g/mol. The number of carbonyl (C=O) groups excluding carboxylic acids is 1. The van der Waals surface area contributed by atoms with Gasteiger partial charge in [-0.1, -0.05) is 60.2 Å². The van der Waals surface area contributed by atoms with Gasteiger partial charge in [-0.05, 0) is 42.3 Å². The average Bonchev–Trinajstić information content (AvgIpc) is 2.74. The number of rotatable bonds is 8. The Morgan fingerprint density at radius 2 is 1.52 bits per heavy atom. The maximum Gasteiger partial charge on any atom is 0.335 e. The third kappa shape index (κ3) is 4.99. The lowest BCUT2D eigenvalue weighted by atomic mass is 10.1. The monoisotopic (exact) mass is 438 g/mol. The highest BCUT2D eigenvalue weighted by Crippen LogP contribution is 2.30. The predicted octanol–water partition coefficient (Wildman–Crippen LogP) is 3.11. The van der Waals surface area contributed by atoms with E-state index in [1.165, 1.54) is 36.4 Å². The van der Waals surface area contributed by atoms with Crippen molar-refractivity contribution in [3.05, 3.63) is 101 Å². The van der Waals surface area contributed by atoms with Gasteiger partial charge in [-0.15, -0.1) is 0 Å². The normalized spacial score (nSPS) is 12.5. The van der Waals surface area contributed by atoms with Crippen LogP contribution in [-0.2, 0) is 21.4 Å². The molecular formula is C23H22N2O5S. The summed E-state index contributed by atoms with van der Waals surface area (Å²) in [5, 5.41) is 9.10. The number of aryl methyl sites for hydroxylation is 1. The molecule has 0 unspecified atom stereocenters. The highest BCUT2D eigenvalue weighted by molar-refractivity contribution is 7.89. The van der Waals surface area contributed by atoms with Gasteiger partial charge >= 0.3 is 5.97 Å². The smallest absolute Gasteiger partial charge is 0.335 e. The van der Waals surface area contributed by atoms with E-state index in [1.807, 2.05) is 6.92 Å². The molecule has 0 bridgehead atoms. The van der Waals surface area contributed by atoms with Crippen molar-refractivity contribution >= 4 is 21.9 Å². The second-order valence-electron chi connectivity index (χ2n) is 7.08. The van der Waals surface area contributed by atoms with Crippen molar-refractivity contribution in [2.24, 2.45) is 5.73 Å². The Morgan fingerprint density at radius 1 is 0.935 bits per heavy atom. The van der Waals surface area contributed by atoms with E-state index in [-0.39, 0.29) is 17.0 Å². The van der Waals surface area contributed by atoms with E-state index in [0.717, 1.165) is 9.87 Å². The van der Waals surface area contributed by atoms with Crippen molar-refractivity contribution < 1.29 is 23.1 Å². The van der Waals surface area contributed by atoms with Gasteiger partial charge in [0, 0.05) is 6.54 Å². The fourth-order valence-corrected chi connectivity index (χ4v) is 4.77. The highest BCUT2D eigenvalue weighted by atomic mass is 32.2. The van der Waals surface area contributed by atoms with Crippen LogP contribution in [0.1, 0.15) is 33.1 Å². The minimum Gasteiger partial charge on any atom is -0.478 e. The third-order valence-electron chi connectivity index (χ3n) is 4.84. The van der Waals surface area contributed by atoms with Crippen LogP contribution in [0.4, 0.5) is 0 Å². The van der Waals surface area contributed by atoms with Crippen molar-refractivity contribution in [1.29, 1.82) is 0 Å². The predicted molar refractivity (Wildman–Crippen MR) is 116 cm³/mol. The summed E-state index contributed by atoms with van der Waals surface area (Å²) in [6.45, 7) is 1.67. The Bertz CT molecular complexity index is 1170. The van der Waals surface area contributed by atoms with Crippen molar-refractivity contribution in [1.82, 2.24) is 4.31 Å². The lowest BCUT2D eigenvalue weighted by molar-refractivity contribution is -0.122. The van der Waals surface area contributed by atoms with Gasteiger partial charge in [-0.2, -0.15) is 4.31 Å². The molecule has 1 amide bonds. The zero-order valence-electron chi connectivity index (χ0n) is 16.8. The molecule has 0 spiro atoms. The Balaban J connectivity index is 2.11. The van der Waals surface area contributed by atoms with Gasteiger partial charge in [0.1, 0.15) is 6.04 Å². The second-order valence-corrected chi connectivity index (χ2v) is 8.97. The van der Waals surface area contributed by atoms with Crippen LogP contribution >= 0.6 is 0 Å². The molecule has 3 N–H and O–H groups in total. The van der Waals surface area contributed by atoms with Crippen LogP contribution in [0.15, 0.2) is 83.8 Å². The number of carboxylic acids is 1. The molecule has 3 aromatic carbocycles. The van der Waals surface area contributed by atoms with E-state index >= 15 is 0 Å². The van der Waals surface area contributed by atoms with Crippen LogP contribution in [0, 0.1) is 6.92 Å². The summed E-state index contributed by atoms with van der Waals surface area (Å²) in [5.41, 5.74) is 7.59. The number of nitrogens with two attached hydrogens (primary N) is 1. The molecule has 160 valence electrons. The van der Waals surface area contributed by atoms with E-state index in [2.05, 4.69) is 0 Å². The molecule has 1 atom stereocenters. The van der Waals surface area contributed by atoms with Crippen LogP contribution in [0.3, 0.4) is 0 Å². The molecule has 0 saturated heterocycles. The molecule has 0 heterocycles. The zero-order chi connectivity index (χ0) is 22.6. The largest absolute Gasteiger partial charge is 0.478 e. The molecule has 0 aliphatic carbocycles. The van der Waals surface area contributed by atoms with Gasteiger partial charge in [-0.3, -0.25) is 4.79 Å². The molecule has 7 nitrogen and oxygen atoms in total. The Labute approximate surface area is 180 Å². The molecule has 0 aliphatic heterocycles. The summed E-state index contributed by atoms with van der Waals surface area (Å²) in [5.74, 6) is -1.90. The number of amides is 1. The van der Waals surface area contributed by atoms with E-state index in [9.17, 15) is 18.0 Å². The van der Waals surface area contributed by atoms with E-state index < -0.39 is 27.9 Å². The number of carboxylic acid groups (broad SMARTS) is 1. The van der Waals surface area contributed by atoms with Gasteiger partial charge in [-0.25, -0.2) is 13.2 Å². The molecule has 3 aromatic rings. The van der Waals surface area contributed by atoms with E-state index in [1.54, 1.807) is 42.5 Å². The summed E-state index contributed by atoms with van der Waals surface area (Å²) in [4.78, 5) is 23.6. The van der Waals surface area contributed by atoms with Crippen LogP contribution in [0.25, 0.3) is 0 Å². The number of primary amides is 1. The number of sulfonamides is 1. The standard InChI is InChI=1S/C23H22N2O5S/c1-16-7-13-20(14-8-16)31(29,30)25(15-17-9-11-19(12-10-17)23(27)28)21(22(24)26)18-5-3-2-4-6-18/h2-14,21H,15H2,1H3,(H2,24,26)(H,27,28)/t21-/m1/s1. The van der Waals surface area contributed by atoms with Gasteiger partial charge in [0.2, 0.25) is 15.9 Å². The summed E-state index contributed by atoms with van der Waals surface area (Å²) in [7, 11) is -4.12. The first-order valence-corrected chi connectivity index (χ1v) is 10.9. The quantitative estimate of drug-likeness (QED) is 0.560. The minimum atomic E-state index is -4.12. The summed E-state index contributed by atoms with van der Waals surface area (Å²) in [6, 6.07) is 19.3. The molecule has 3 rings (SSSR count). The molecular weight excluding hydrogens is 416 g/mol. The topological polar surface area (TPSA) is 118 Å². The van der Waals surface area contributed by atoms with Gasteiger partial charge in [0.05, 0.1) is 10.5 Å². The first-order valence-electron chi connectivity index (χ1n) is 9.45. The fraction of sp³-hybridized carbons (Fsp3) is 0.130. The zero-order valence-corrected chi connectivity index (χ0v) is 17.6. The molecule has 0 aliphatic rings. The Morgan fingerprint density at radius 3 is 2.03 bits per heavy atom. The van der Waals surface area contributed by atoms with E-state index in [0.29, 0.717) is 11.1 Å². The van der Waals surface area contributed by atoms with Crippen LogP contribution in [-0.4, -0.2) is 29.7 Å². The van der Waals surface area contributed by atoms with Gasteiger partial charge in [0.15, 0.2) is 0 Å². The van der Waals surface area contributed by atoms with Crippen molar-refractivity contribution in [3.8, 4) is 0 Å². The maximum atomic E-state index is 13.6. The molecule has 8 heteroatoms. The van der Waals surface area contributed by atoms with Crippen molar-refractivity contribution in [2.75, 3.05) is 0 Å². The Hall–Kier alpha value is -3.49. The van der Waals surface area contributed by atoms with E-state index in [4.69, 9.17) is 10.8 Å². The Kier molecular flexibility index (Phi) is 6.53. The lowest BCUT2D eigenvalue weighted by Crippen LogP contribution is -2.41.